The second-order valence-electron chi connectivity index (χ2n) is 3.53. The van der Waals surface area contributed by atoms with Gasteiger partial charge in [0.2, 0.25) is 9.84 Å². The molecule has 0 saturated heterocycles. The van der Waals surface area contributed by atoms with E-state index in [0.29, 0.717) is 9.79 Å². The Balaban J connectivity index is 2.54. The van der Waals surface area contributed by atoms with Gasteiger partial charge in [-0.3, -0.25) is 0 Å². The van der Waals surface area contributed by atoms with Crippen LogP contribution in [0.2, 0.25) is 0 Å². The molecular weight excluding hydrogens is 208 g/mol. The first kappa shape index (κ1) is 8.68. The fourth-order valence-corrected chi connectivity index (χ4v) is 3.42. The van der Waals surface area contributed by atoms with Gasteiger partial charge in [-0.05, 0) is 23.8 Å². The largest absolute Gasteiger partial charge is 0.218 e. The van der Waals surface area contributed by atoms with Crippen molar-refractivity contribution in [3.05, 3.63) is 48.5 Å². The normalized spacial score (nSPS) is 15.7. The summed E-state index contributed by atoms with van der Waals surface area (Å²) < 4.78 is 24.1. The summed E-state index contributed by atoms with van der Waals surface area (Å²) in [5, 5.41) is 0. The average Bonchev–Trinajstić information content (AvgIpc) is 2.28. The Morgan fingerprint density at radius 2 is 1.67 bits per heavy atom. The van der Waals surface area contributed by atoms with Gasteiger partial charge in [-0.25, -0.2) is 8.42 Å². The summed E-state index contributed by atoms with van der Waals surface area (Å²) in [7, 11) is -3.28. The lowest BCUT2D eigenvalue weighted by Crippen LogP contribution is -2.07. The lowest BCUT2D eigenvalue weighted by Gasteiger charge is -2.16. The third-order valence-corrected chi connectivity index (χ3v) is 4.44. The van der Waals surface area contributed by atoms with Gasteiger partial charge in [-0.1, -0.05) is 30.3 Å². The van der Waals surface area contributed by atoms with Gasteiger partial charge >= 0.3 is 0 Å². The Morgan fingerprint density at radius 3 is 2.53 bits per heavy atom. The number of hydrogen-bond acceptors (Lipinski definition) is 2. The highest BCUT2D eigenvalue weighted by Gasteiger charge is 2.26. The van der Waals surface area contributed by atoms with E-state index in [2.05, 4.69) is 0 Å². The van der Waals surface area contributed by atoms with Crippen molar-refractivity contribution in [2.45, 2.75) is 9.79 Å². The molecular formula is C12H8O2S. The van der Waals surface area contributed by atoms with Crippen LogP contribution in [0.25, 0.3) is 11.1 Å². The van der Waals surface area contributed by atoms with Crippen LogP contribution < -0.4 is 0 Å². The highest BCUT2D eigenvalue weighted by atomic mass is 32.2. The Hall–Kier alpha value is -1.61. The van der Waals surface area contributed by atoms with E-state index >= 15 is 0 Å². The quantitative estimate of drug-likeness (QED) is 0.578. The van der Waals surface area contributed by atoms with E-state index in [-0.39, 0.29) is 0 Å². The summed E-state index contributed by atoms with van der Waals surface area (Å²) in [6, 6.07) is 14.2. The predicted molar refractivity (Wildman–Crippen MR) is 57.3 cm³/mol. The first-order valence-electron chi connectivity index (χ1n) is 4.64. The molecule has 2 aromatic rings. The molecule has 3 heteroatoms. The molecule has 0 aliphatic carbocycles. The molecule has 0 N–H and O–H groups in total. The molecule has 1 aliphatic heterocycles. The molecule has 0 aromatic heterocycles. The molecule has 0 unspecified atom stereocenters. The summed E-state index contributed by atoms with van der Waals surface area (Å²) in [6.07, 6.45) is 0. The Bertz CT molecular complexity index is 642. The van der Waals surface area contributed by atoms with E-state index in [1.165, 1.54) is 0 Å². The second-order valence-corrected chi connectivity index (χ2v) is 5.45. The molecule has 2 nitrogen and oxygen atoms in total. The van der Waals surface area contributed by atoms with E-state index < -0.39 is 9.84 Å². The van der Waals surface area contributed by atoms with Gasteiger partial charge in [0.1, 0.15) is 0 Å². The zero-order valence-electron chi connectivity index (χ0n) is 7.84. The average molecular weight is 216 g/mol. The van der Waals surface area contributed by atoms with E-state index in [0.717, 1.165) is 11.1 Å². The van der Waals surface area contributed by atoms with Gasteiger partial charge in [-0.2, -0.15) is 0 Å². The van der Waals surface area contributed by atoms with Crippen LogP contribution in [0.1, 0.15) is 0 Å². The Kier molecular flexibility index (Phi) is 1.56. The van der Waals surface area contributed by atoms with E-state index in [4.69, 9.17) is 0 Å². The molecule has 0 radical (unpaired) electrons. The molecule has 0 atom stereocenters. The van der Waals surface area contributed by atoms with E-state index in [1.54, 1.807) is 30.3 Å². The molecule has 1 aliphatic rings. The fraction of sp³-hybridized carbons (Fsp3) is 0. The van der Waals surface area contributed by atoms with Crippen LogP contribution in [-0.4, -0.2) is 8.42 Å². The van der Waals surface area contributed by atoms with Crippen molar-refractivity contribution >= 4 is 9.84 Å². The minimum absolute atomic E-state index is 0.388. The molecule has 1 heterocycles. The zero-order chi connectivity index (χ0) is 10.5. The highest BCUT2D eigenvalue weighted by molar-refractivity contribution is 7.91. The standard InChI is InChI=1S/C12H8O2S/c13-15(14)10-5-3-4-9(8-10)11-6-1-2-7-12(11)15/h1-8H. The molecule has 15 heavy (non-hydrogen) atoms. The van der Waals surface area contributed by atoms with Crippen LogP contribution >= 0.6 is 0 Å². The second kappa shape index (κ2) is 2.70. The van der Waals surface area contributed by atoms with Crippen LogP contribution in [0, 0.1) is 0 Å². The summed E-state index contributed by atoms with van der Waals surface area (Å²) >= 11 is 0. The third-order valence-electron chi connectivity index (χ3n) is 2.63. The van der Waals surface area contributed by atoms with Gasteiger partial charge in [0.25, 0.3) is 0 Å². The molecule has 3 rings (SSSR count). The molecule has 0 fully saturated rings. The Labute approximate surface area is 88.1 Å². The van der Waals surface area contributed by atoms with E-state index in [9.17, 15) is 8.42 Å². The van der Waals surface area contributed by atoms with Crippen molar-refractivity contribution in [2.75, 3.05) is 0 Å². The van der Waals surface area contributed by atoms with Crippen molar-refractivity contribution in [3.63, 3.8) is 0 Å². The SMILES string of the molecule is O=S1(=O)c2cccc(c2)-c2ccccc21. The number of sulfone groups is 1. The third kappa shape index (κ3) is 1.07. The van der Waals surface area contributed by atoms with Gasteiger partial charge < -0.3 is 0 Å². The smallest absolute Gasteiger partial charge is 0.207 e. The maximum absolute atomic E-state index is 12.1. The number of benzene rings is 2. The van der Waals surface area contributed by atoms with Crippen molar-refractivity contribution in [3.8, 4) is 11.1 Å². The zero-order valence-corrected chi connectivity index (χ0v) is 8.66. The molecule has 0 saturated carbocycles. The van der Waals surface area contributed by atoms with Crippen LogP contribution in [-0.2, 0) is 9.84 Å². The fourth-order valence-electron chi connectivity index (χ4n) is 1.90. The van der Waals surface area contributed by atoms with Crippen LogP contribution in [0.15, 0.2) is 58.3 Å². The summed E-state index contributed by atoms with van der Waals surface area (Å²) in [6.45, 7) is 0. The molecule has 2 bridgehead atoms. The van der Waals surface area contributed by atoms with Crippen molar-refractivity contribution in [1.82, 2.24) is 0 Å². The summed E-state index contributed by atoms with van der Waals surface area (Å²) in [5.74, 6) is 0. The first-order valence-corrected chi connectivity index (χ1v) is 6.12. The Morgan fingerprint density at radius 1 is 0.867 bits per heavy atom. The maximum Gasteiger partial charge on any atom is 0.207 e. The predicted octanol–water partition coefficient (Wildman–Crippen LogP) is 2.50. The topological polar surface area (TPSA) is 34.1 Å². The van der Waals surface area contributed by atoms with Gasteiger partial charge in [-0.15, -0.1) is 0 Å². The van der Waals surface area contributed by atoms with Crippen molar-refractivity contribution in [2.24, 2.45) is 0 Å². The lowest BCUT2D eigenvalue weighted by atomic mass is 10.1. The first-order chi connectivity index (χ1) is 7.19. The van der Waals surface area contributed by atoms with Gasteiger partial charge in [0, 0.05) is 5.56 Å². The molecule has 2 aromatic carbocycles. The summed E-state index contributed by atoms with van der Waals surface area (Å²) in [5.41, 5.74) is 1.77. The lowest BCUT2D eigenvalue weighted by molar-refractivity contribution is 0.595. The van der Waals surface area contributed by atoms with Crippen LogP contribution in [0.4, 0.5) is 0 Å². The maximum atomic E-state index is 12.1. The number of rotatable bonds is 0. The van der Waals surface area contributed by atoms with Crippen LogP contribution in [0.3, 0.4) is 0 Å². The van der Waals surface area contributed by atoms with Crippen LogP contribution in [0.5, 0.6) is 0 Å². The van der Waals surface area contributed by atoms with Gasteiger partial charge in [0.15, 0.2) is 0 Å². The highest BCUT2D eigenvalue weighted by Crippen LogP contribution is 2.36. The molecule has 0 spiro atoms. The van der Waals surface area contributed by atoms with E-state index in [1.807, 2.05) is 18.2 Å². The summed E-state index contributed by atoms with van der Waals surface area (Å²) in [4.78, 5) is 0.803. The van der Waals surface area contributed by atoms with Gasteiger partial charge in [0.05, 0.1) is 9.79 Å². The minimum atomic E-state index is -3.28. The van der Waals surface area contributed by atoms with Crippen molar-refractivity contribution < 1.29 is 8.42 Å². The van der Waals surface area contributed by atoms with Crippen molar-refractivity contribution in [1.29, 1.82) is 0 Å². The minimum Gasteiger partial charge on any atom is -0.218 e. The number of fused-ring (bicyclic) bond motifs is 4. The number of hydrogen-bond donors (Lipinski definition) is 0. The molecule has 0 amide bonds. The monoisotopic (exact) mass is 216 g/mol. The molecule has 74 valence electrons.